The highest BCUT2D eigenvalue weighted by Crippen LogP contribution is 2.23. The topological polar surface area (TPSA) is 50.9 Å². The predicted molar refractivity (Wildman–Crippen MR) is 48.1 cm³/mol. The van der Waals surface area contributed by atoms with E-state index in [0.29, 0.717) is 11.3 Å². The molecule has 1 heterocycles. The zero-order valence-corrected chi connectivity index (χ0v) is 7.48. The van der Waals surface area contributed by atoms with Gasteiger partial charge in [-0.15, -0.1) is 5.10 Å². The van der Waals surface area contributed by atoms with E-state index in [-0.39, 0.29) is 5.75 Å². The lowest BCUT2D eigenvalue weighted by atomic mass is 10.1. The number of aromatic hydroxyl groups is 1. The molecule has 0 aliphatic heterocycles. The molecular formula is C9H8FN3O. The molecule has 0 radical (unpaired) electrons. The minimum atomic E-state index is -0.649. The molecule has 0 unspecified atom stereocenters. The van der Waals surface area contributed by atoms with Gasteiger partial charge in [-0.05, 0) is 18.2 Å². The van der Waals surface area contributed by atoms with Crippen molar-refractivity contribution in [1.82, 2.24) is 15.0 Å². The molecule has 0 atom stereocenters. The van der Waals surface area contributed by atoms with E-state index in [1.54, 1.807) is 13.1 Å². The van der Waals surface area contributed by atoms with E-state index >= 15 is 0 Å². The summed E-state index contributed by atoms with van der Waals surface area (Å²) in [5.74, 6) is -1.01. The summed E-state index contributed by atoms with van der Waals surface area (Å²) in [7, 11) is 1.72. The third-order valence-corrected chi connectivity index (χ3v) is 1.96. The standard InChI is InChI=1S/C9H8FN3O/c1-13-8(5-11-12-13)6-2-3-9(14)7(10)4-6/h2-5,14H,1H3. The quantitative estimate of drug-likeness (QED) is 0.743. The van der Waals surface area contributed by atoms with E-state index in [1.807, 2.05) is 0 Å². The van der Waals surface area contributed by atoms with Crippen LogP contribution < -0.4 is 0 Å². The molecule has 5 heteroatoms. The Balaban J connectivity index is 2.53. The average Bonchev–Trinajstić information content (AvgIpc) is 2.57. The van der Waals surface area contributed by atoms with Crippen molar-refractivity contribution >= 4 is 0 Å². The summed E-state index contributed by atoms with van der Waals surface area (Å²) in [6.45, 7) is 0. The Morgan fingerprint density at radius 2 is 2.21 bits per heavy atom. The van der Waals surface area contributed by atoms with Crippen LogP contribution in [-0.4, -0.2) is 20.1 Å². The molecular weight excluding hydrogens is 185 g/mol. The Kier molecular flexibility index (Phi) is 1.92. The first-order valence-electron chi connectivity index (χ1n) is 4.02. The van der Waals surface area contributed by atoms with Gasteiger partial charge in [-0.1, -0.05) is 5.21 Å². The first kappa shape index (κ1) is 8.68. The number of hydrogen-bond donors (Lipinski definition) is 1. The van der Waals surface area contributed by atoms with Crippen molar-refractivity contribution in [2.45, 2.75) is 0 Å². The Hall–Kier alpha value is -1.91. The summed E-state index contributed by atoms with van der Waals surface area (Å²) < 4.78 is 14.5. The van der Waals surface area contributed by atoms with Crippen molar-refractivity contribution in [3.8, 4) is 17.0 Å². The van der Waals surface area contributed by atoms with Gasteiger partial charge in [-0.2, -0.15) is 0 Å². The maximum Gasteiger partial charge on any atom is 0.165 e. The maximum absolute atomic E-state index is 13.0. The number of halogens is 1. The Morgan fingerprint density at radius 1 is 1.43 bits per heavy atom. The first-order valence-corrected chi connectivity index (χ1v) is 4.02. The summed E-state index contributed by atoms with van der Waals surface area (Å²) in [4.78, 5) is 0. The summed E-state index contributed by atoms with van der Waals surface area (Å²) in [5.41, 5.74) is 1.33. The van der Waals surface area contributed by atoms with Gasteiger partial charge < -0.3 is 5.11 Å². The molecule has 2 rings (SSSR count). The van der Waals surface area contributed by atoms with E-state index < -0.39 is 5.82 Å². The fraction of sp³-hybridized carbons (Fsp3) is 0.111. The highest BCUT2D eigenvalue weighted by Gasteiger charge is 2.06. The largest absolute Gasteiger partial charge is 0.505 e. The van der Waals surface area contributed by atoms with Gasteiger partial charge in [0.15, 0.2) is 11.6 Å². The Labute approximate surface area is 79.6 Å². The molecule has 0 bridgehead atoms. The van der Waals surface area contributed by atoms with Crippen molar-refractivity contribution in [3.05, 3.63) is 30.2 Å². The zero-order chi connectivity index (χ0) is 10.1. The van der Waals surface area contributed by atoms with Gasteiger partial charge in [0.1, 0.15) is 0 Å². The van der Waals surface area contributed by atoms with Gasteiger partial charge >= 0.3 is 0 Å². The molecule has 0 aliphatic rings. The van der Waals surface area contributed by atoms with E-state index in [1.165, 1.54) is 23.0 Å². The average molecular weight is 193 g/mol. The summed E-state index contributed by atoms with van der Waals surface area (Å²) in [5, 5.41) is 16.4. The van der Waals surface area contributed by atoms with Crippen molar-refractivity contribution < 1.29 is 9.50 Å². The third-order valence-electron chi connectivity index (χ3n) is 1.96. The van der Waals surface area contributed by atoms with E-state index in [2.05, 4.69) is 10.3 Å². The van der Waals surface area contributed by atoms with Crippen LogP contribution in [0, 0.1) is 5.82 Å². The number of aryl methyl sites for hydroxylation is 1. The maximum atomic E-state index is 13.0. The normalized spacial score (nSPS) is 10.4. The van der Waals surface area contributed by atoms with Crippen LogP contribution in [0.3, 0.4) is 0 Å². The van der Waals surface area contributed by atoms with Crippen LogP contribution in [0.4, 0.5) is 4.39 Å². The van der Waals surface area contributed by atoms with E-state index in [0.717, 1.165) is 0 Å². The highest BCUT2D eigenvalue weighted by molar-refractivity contribution is 5.59. The SMILES string of the molecule is Cn1nncc1-c1ccc(O)c(F)c1. The van der Waals surface area contributed by atoms with Gasteiger partial charge in [0, 0.05) is 12.6 Å². The Morgan fingerprint density at radius 3 is 2.79 bits per heavy atom. The predicted octanol–water partition coefficient (Wildman–Crippen LogP) is 1.33. The van der Waals surface area contributed by atoms with Crippen LogP contribution in [0.2, 0.25) is 0 Å². The molecule has 0 saturated carbocycles. The molecule has 72 valence electrons. The number of rotatable bonds is 1. The lowest BCUT2D eigenvalue weighted by Gasteiger charge is -2.01. The second-order valence-electron chi connectivity index (χ2n) is 2.91. The van der Waals surface area contributed by atoms with Crippen LogP contribution in [0.5, 0.6) is 5.75 Å². The lowest BCUT2D eigenvalue weighted by Crippen LogP contribution is -1.93. The molecule has 14 heavy (non-hydrogen) atoms. The van der Waals surface area contributed by atoms with Crippen LogP contribution >= 0.6 is 0 Å². The van der Waals surface area contributed by atoms with Crippen LogP contribution in [-0.2, 0) is 7.05 Å². The first-order chi connectivity index (χ1) is 6.68. The molecule has 0 saturated heterocycles. The van der Waals surface area contributed by atoms with Crippen molar-refractivity contribution in [3.63, 3.8) is 0 Å². The van der Waals surface area contributed by atoms with Crippen LogP contribution in [0.15, 0.2) is 24.4 Å². The van der Waals surface area contributed by atoms with Gasteiger partial charge in [-0.25, -0.2) is 9.07 Å². The van der Waals surface area contributed by atoms with Gasteiger partial charge in [-0.3, -0.25) is 0 Å². The molecule has 2 aromatic rings. The molecule has 4 nitrogen and oxygen atoms in total. The molecule has 0 spiro atoms. The number of benzene rings is 1. The fourth-order valence-electron chi connectivity index (χ4n) is 1.22. The number of aromatic nitrogens is 3. The van der Waals surface area contributed by atoms with Gasteiger partial charge in [0.05, 0.1) is 11.9 Å². The van der Waals surface area contributed by atoms with Gasteiger partial charge in [0.25, 0.3) is 0 Å². The summed E-state index contributed by atoms with van der Waals surface area (Å²) >= 11 is 0. The van der Waals surface area contributed by atoms with Crippen LogP contribution in [0.1, 0.15) is 0 Å². The molecule has 1 aromatic carbocycles. The smallest absolute Gasteiger partial charge is 0.165 e. The van der Waals surface area contributed by atoms with Crippen molar-refractivity contribution in [1.29, 1.82) is 0 Å². The minimum absolute atomic E-state index is 0.358. The monoisotopic (exact) mass is 193 g/mol. The zero-order valence-electron chi connectivity index (χ0n) is 7.48. The number of phenols is 1. The number of nitrogens with zero attached hydrogens (tertiary/aromatic N) is 3. The molecule has 1 N–H and O–H groups in total. The second-order valence-corrected chi connectivity index (χ2v) is 2.91. The molecule has 0 fully saturated rings. The van der Waals surface area contributed by atoms with Crippen molar-refractivity contribution in [2.75, 3.05) is 0 Å². The van der Waals surface area contributed by atoms with E-state index in [4.69, 9.17) is 5.11 Å². The second kappa shape index (κ2) is 3.10. The molecule has 0 aliphatic carbocycles. The Bertz CT molecular complexity index is 467. The van der Waals surface area contributed by atoms with Gasteiger partial charge in [0.2, 0.25) is 0 Å². The number of phenolic OH excluding ortho intramolecular Hbond substituents is 1. The molecule has 0 amide bonds. The summed E-state index contributed by atoms with van der Waals surface area (Å²) in [6.07, 6.45) is 1.53. The van der Waals surface area contributed by atoms with Crippen molar-refractivity contribution in [2.24, 2.45) is 7.05 Å². The third kappa shape index (κ3) is 1.32. The summed E-state index contributed by atoms with van der Waals surface area (Å²) in [6, 6.07) is 4.16. The number of hydrogen-bond acceptors (Lipinski definition) is 3. The fourth-order valence-corrected chi connectivity index (χ4v) is 1.22. The van der Waals surface area contributed by atoms with Crippen LogP contribution in [0.25, 0.3) is 11.3 Å². The highest BCUT2D eigenvalue weighted by atomic mass is 19.1. The molecule has 1 aromatic heterocycles. The lowest BCUT2D eigenvalue weighted by molar-refractivity contribution is 0.432. The minimum Gasteiger partial charge on any atom is -0.505 e. The van der Waals surface area contributed by atoms with E-state index in [9.17, 15) is 4.39 Å².